The molecule has 0 spiro atoms. The number of carboxylic acids is 1. The molecule has 1 fully saturated rings. The van der Waals surface area contributed by atoms with Gasteiger partial charge in [0.15, 0.2) is 5.96 Å². The van der Waals surface area contributed by atoms with E-state index in [4.69, 9.17) is 16.6 Å². The Hall–Kier alpha value is -5.29. The van der Waals surface area contributed by atoms with Crippen LogP contribution < -0.4 is 32.7 Å². The summed E-state index contributed by atoms with van der Waals surface area (Å²) in [6.45, 7) is 3.22. The monoisotopic (exact) mass is 633 g/mol. The van der Waals surface area contributed by atoms with Crippen molar-refractivity contribution in [1.29, 1.82) is 0 Å². The molecule has 2 rings (SSSR count). The first-order valence-electron chi connectivity index (χ1n) is 14.2. The van der Waals surface area contributed by atoms with Crippen LogP contribution in [0.2, 0.25) is 0 Å². The Morgan fingerprint density at radius 1 is 1.02 bits per heavy atom. The van der Waals surface area contributed by atoms with Gasteiger partial charge in [-0.05, 0) is 51.7 Å². The molecule has 1 aliphatic rings. The number of nitrogens with zero attached hydrogens (tertiary/aromatic N) is 3. The highest BCUT2D eigenvalue weighted by Gasteiger charge is 2.38. The number of aliphatic imine (C=N–C) groups is 1. The molecule has 18 heteroatoms. The molecule has 9 N–H and O–H groups in total. The van der Waals surface area contributed by atoms with E-state index in [2.05, 4.69) is 26.3 Å². The molecule has 0 saturated carbocycles. The van der Waals surface area contributed by atoms with E-state index in [9.17, 15) is 38.9 Å². The third-order valence-electron chi connectivity index (χ3n) is 6.83. The lowest BCUT2D eigenvalue weighted by atomic mass is 10.1. The van der Waals surface area contributed by atoms with E-state index >= 15 is 0 Å². The number of nitrogens with two attached hydrogens (primary N) is 2. The SMILES string of the molecule is CC(NC(=O)CCC(=O)O)C(=O)NC(C)C(=O)N1CCCC1C(=O)NC(CCCN=C(N)N)C(=O)Nc1ccc([N+](=O)[O-])cc1. The van der Waals surface area contributed by atoms with Crippen molar-refractivity contribution < 1.29 is 38.8 Å². The number of anilines is 1. The van der Waals surface area contributed by atoms with Crippen LogP contribution in [-0.2, 0) is 28.8 Å². The number of hydrogen-bond acceptors (Lipinski definition) is 9. The number of non-ortho nitro benzene ring substituents is 1. The van der Waals surface area contributed by atoms with Crippen LogP contribution in [-0.4, -0.2) is 93.7 Å². The number of likely N-dealkylation sites (tertiary alicyclic amines) is 1. The topological polar surface area (TPSA) is 282 Å². The summed E-state index contributed by atoms with van der Waals surface area (Å²) in [6.07, 6.45) is 0.530. The number of hydrogen-bond donors (Lipinski definition) is 7. The van der Waals surface area contributed by atoms with Crippen LogP contribution in [0.15, 0.2) is 29.3 Å². The fraction of sp³-hybridized carbons (Fsp3) is 0.519. The van der Waals surface area contributed by atoms with Crippen molar-refractivity contribution >= 4 is 52.8 Å². The number of benzene rings is 1. The summed E-state index contributed by atoms with van der Waals surface area (Å²) in [5, 5.41) is 29.8. The molecule has 5 amide bonds. The maximum atomic E-state index is 13.4. The van der Waals surface area contributed by atoms with Crippen molar-refractivity contribution in [3.05, 3.63) is 34.4 Å². The van der Waals surface area contributed by atoms with Crippen molar-refractivity contribution in [2.45, 2.75) is 76.5 Å². The third-order valence-corrected chi connectivity index (χ3v) is 6.83. The van der Waals surface area contributed by atoms with Gasteiger partial charge in [-0.25, -0.2) is 0 Å². The van der Waals surface area contributed by atoms with E-state index in [0.29, 0.717) is 19.3 Å². The van der Waals surface area contributed by atoms with Gasteiger partial charge < -0.3 is 42.7 Å². The van der Waals surface area contributed by atoms with E-state index in [1.54, 1.807) is 0 Å². The standard InChI is InChI=1S/C27H39N9O9/c1-15(31-21(37)11-12-22(38)39)23(40)32-16(2)26(43)35-14-4-6-20(35)25(42)34-19(5-3-13-30-27(28)29)24(41)33-17-7-9-18(10-8-17)36(44)45/h7-10,15-16,19-20H,3-6,11-14H2,1-2H3,(H,31,37)(H,32,40)(H,33,41)(H,34,42)(H,38,39)(H4,28,29,30). The number of amides is 5. The Bertz CT molecular complexity index is 1300. The summed E-state index contributed by atoms with van der Waals surface area (Å²) in [7, 11) is 0. The summed E-state index contributed by atoms with van der Waals surface area (Å²) in [6, 6.07) is 1.03. The average Bonchev–Trinajstić information content (AvgIpc) is 3.47. The first kappa shape index (κ1) is 35.9. The van der Waals surface area contributed by atoms with E-state index in [1.807, 2.05) is 0 Å². The van der Waals surface area contributed by atoms with Gasteiger partial charge in [0.1, 0.15) is 24.2 Å². The molecule has 0 aromatic heterocycles. The maximum absolute atomic E-state index is 13.4. The zero-order chi connectivity index (χ0) is 33.7. The summed E-state index contributed by atoms with van der Waals surface area (Å²) < 4.78 is 0. The number of aliphatic carboxylic acids is 1. The summed E-state index contributed by atoms with van der Waals surface area (Å²) in [5.41, 5.74) is 10.8. The number of guanidine groups is 1. The Labute approximate surface area is 258 Å². The van der Waals surface area contributed by atoms with Crippen molar-refractivity contribution in [3.8, 4) is 0 Å². The molecule has 45 heavy (non-hydrogen) atoms. The van der Waals surface area contributed by atoms with E-state index in [0.717, 1.165) is 0 Å². The highest BCUT2D eigenvalue weighted by Crippen LogP contribution is 2.20. The van der Waals surface area contributed by atoms with Gasteiger partial charge in [0.25, 0.3) is 5.69 Å². The Morgan fingerprint density at radius 2 is 1.69 bits per heavy atom. The molecule has 1 heterocycles. The third kappa shape index (κ3) is 11.7. The highest BCUT2D eigenvalue weighted by atomic mass is 16.6. The van der Waals surface area contributed by atoms with E-state index in [-0.39, 0.29) is 43.3 Å². The second kappa shape index (κ2) is 17.1. The smallest absolute Gasteiger partial charge is 0.303 e. The lowest BCUT2D eigenvalue weighted by Crippen LogP contribution is -2.56. The molecule has 0 radical (unpaired) electrons. The van der Waals surface area contributed by atoms with Gasteiger partial charge in [0.2, 0.25) is 29.5 Å². The molecule has 1 saturated heterocycles. The van der Waals surface area contributed by atoms with Crippen LogP contribution in [0.25, 0.3) is 0 Å². The van der Waals surface area contributed by atoms with Crippen molar-refractivity contribution in [2.24, 2.45) is 16.5 Å². The molecule has 1 aromatic carbocycles. The van der Waals surface area contributed by atoms with Crippen LogP contribution >= 0.6 is 0 Å². The summed E-state index contributed by atoms with van der Waals surface area (Å²) in [4.78, 5) is 90.3. The van der Waals surface area contributed by atoms with Crippen LogP contribution in [0.3, 0.4) is 0 Å². The van der Waals surface area contributed by atoms with Crippen molar-refractivity contribution in [1.82, 2.24) is 20.9 Å². The quantitative estimate of drug-likeness (QED) is 0.0378. The molecule has 4 unspecified atom stereocenters. The zero-order valence-electron chi connectivity index (χ0n) is 25.0. The molecular weight excluding hydrogens is 594 g/mol. The highest BCUT2D eigenvalue weighted by molar-refractivity contribution is 5.99. The minimum Gasteiger partial charge on any atom is -0.481 e. The fourth-order valence-corrected chi connectivity index (χ4v) is 4.49. The normalized spacial score (nSPS) is 16.0. The van der Waals surface area contributed by atoms with Gasteiger partial charge in [-0.15, -0.1) is 0 Å². The fourth-order valence-electron chi connectivity index (χ4n) is 4.49. The predicted molar refractivity (Wildman–Crippen MR) is 160 cm³/mol. The number of carboxylic acid groups (broad SMARTS) is 1. The van der Waals surface area contributed by atoms with Crippen LogP contribution in [0, 0.1) is 10.1 Å². The second-order valence-corrected chi connectivity index (χ2v) is 10.4. The number of rotatable bonds is 16. The number of nitrogens with one attached hydrogen (secondary N) is 4. The molecule has 1 aromatic rings. The number of carbonyl (C=O) groups excluding carboxylic acids is 5. The molecule has 0 bridgehead atoms. The Kier molecular flexibility index (Phi) is 13.7. The molecule has 4 atom stereocenters. The van der Waals surface area contributed by atoms with Crippen LogP contribution in [0.1, 0.15) is 52.4 Å². The maximum Gasteiger partial charge on any atom is 0.303 e. The van der Waals surface area contributed by atoms with Gasteiger partial charge in [0, 0.05) is 37.3 Å². The zero-order valence-corrected chi connectivity index (χ0v) is 25.0. The van der Waals surface area contributed by atoms with Crippen LogP contribution in [0.4, 0.5) is 11.4 Å². The first-order valence-corrected chi connectivity index (χ1v) is 14.2. The summed E-state index contributed by atoms with van der Waals surface area (Å²) in [5.74, 6) is -4.36. The van der Waals surface area contributed by atoms with Crippen molar-refractivity contribution in [2.75, 3.05) is 18.4 Å². The van der Waals surface area contributed by atoms with Gasteiger partial charge in [-0.2, -0.15) is 0 Å². The lowest BCUT2D eigenvalue weighted by molar-refractivity contribution is -0.384. The first-order chi connectivity index (χ1) is 21.2. The molecule has 0 aliphatic carbocycles. The van der Waals surface area contributed by atoms with Gasteiger partial charge >= 0.3 is 5.97 Å². The number of nitro benzene ring substituents is 1. The van der Waals surface area contributed by atoms with Gasteiger partial charge in [-0.3, -0.25) is 43.9 Å². The minimum atomic E-state index is -1.16. The lowest BCUT2D eigenvalue weighted by Gasteiger charge is -2.29. The Morgan fingerprint density at radius 3 is 2.29 bits per heavy atom. The number of carbonyl (C=O) groups is 6. The molecule has 246 valence electrons. The second-order valence-electron chi connectivity index (χ2n) is 10.4. The van der Waals surface area contributed by atoms with Gasteiger partial charge in [0.05, 0.1) is 11.3 Å². The molecular formula is C27H39N9O9. The predicted octanol–water partition coefficient (Wildman–Crippen LogP) is -1.06. The number of nitro groups is 1. The average molecular weight is 634 g/mol. The summed E-state index contributed by atoms with van der Waals surface area (Å²) >= 11 is 0. The van der Waals surface area contributed by atoms with E-state index in [1.165, 1.54) is 43.0 Å². The Balaban J connectivity index is 2.06. The van der Waals surface area contributed by atoms with Crippen molar-refractivity contribution in [3.63, 3.8) is 0 Å². The minimum absolute atomic E-state index is 0.129. The van der Waals surface area contributed by atoms with E-state index < -0.39 is 71.0 Å². The van der Waals surface area contributed by atoms with Gasteiger partial charge in [-0.1, -0.05) is 0 Å². The molecule has 18 nitrogen and oxygen atoms in total. The molecule has 1 aliphatic heterocycles. The van der Waals surface area contributed by atoms with Crippen LogP contribution in [0.5, 0.6) is 0 Å². The largest absolute Gasteiger partial charge is 0.481 e.